The third-order valence-corrected chi connectivity index (χ3v) is 4.26. The Morgan fingerprint density at radius 3 is 2.95 bits per heavy atom. The van der Waals surface area contributed by atoms with E-state index >= 15 is 0 Å². The smallest absolute Gasteiger partial charge is 0.0398 e. The number of para-hydroxylation sites is 1. The van der Waals surface area contributed by atoms with Crippen LogP contribution in [0.25, 0.3) is 0 Å². The van der Waals surface area contributed by atoms with Crippen molar-refractivity contribution in [2.24, 2.45) is 0 Å². The molecule has 0 amide bonds. The van der Waals surface area contributed by atoms with Crippen LogP contribution in [0.5, 0.6) is 0 Å². The lowest BCUT2D eigenvalue weighted by Gasteiger charge is -2.25. The van der Waals surface area contributed by atoms with Gasteiger partial charge in [-0.2, -0.15) is 0 Å². The fraction of sp³-hybridized carbons (Fsp3) is 0.667. The summed E-state index contributed by atoms with van der Waals surface area (Å²) in [6, 6.07) is 9.62. The van der Waals surface area contributed by atoms with E-state index in [-0.39, 0.29) is 0 Å². The van der Waals surface area contributed by atoms with Gasteiger partial charge in [-0.3, -0.25) is 0 Å². The largest absolute Gasteiger partial charge is 0.371 e. The predicted octanol–water partition coefficient (Wildman–Crippen LogP) is 4.00. The average molecular weight is 274 g/mol. The van der Waals surface area contributed by atoms with Crippen molar-refractivity contribution >= 4 is 5.69 Å². The van der Waals surface area contributed by atoms with Crippen LogP contribution in [-0.2, 0) is 6.42 Å². The van der Waals surface area contributed by atoms with Crippen LogP contribution in [-0.4, -0.2) is 25.7 Å². The van der Waals surface area contributed by atoms with Crippen molar-refractivity contribution in [3.05, 3.63) is 29.8 Å². The second-order valence-corrected chi connectivity index (χ2v) is 6.07. The van der Waals surface area contributed by atoms with E-state index in [4.69, 9.17) is 0 Å². The number of anilines is 1. The zero-order chi connectivity index (χ0) is 14.2. The van der Waals surface area contributed by atoms with Crippen LogP contribution in [0.3, 0.4) is 0 Å². The number of fused-ring (bicyclic) bond motifs is 1. The lowest BCUT2D eigenvalue weighted by molar-refractivity contribution is 0.496. The highest BCUT2D eigenvalue weighted by Gasteiger charge is 2.14. The third-order valence-electron chi connectivity index (χ3n) is 4.26. The molecular formula is C18H30N2. The Labute approximate surface area is 124 Å². The van der Waals surface area contributed by atoms with Gasteiger partial charge in [-0.15, -0.1) is 0 Å². The summed E-state index contributed by atoms with van der Waals surface area (Å²) in [6.45, 7) is 8.12. The van der Waals surface area contributed by atoms with Crippen LogP contribution >= 0.6 is 0 Å². The van der Waals surface area contributed by atoms with E-state index in [1.165, 1.54) is 57.3 Å². The lowest BCUT2D eigenvalue weighted by atomic mass is 10.1. The van der Waals surface area contributed by atoms with Gasteiger partial charge in [0.25, 0.3) is 0 Å². The average Bonchev–Trinajstić information content (AvgIpc) is 2.68. The number of hydrogen-bond donors (Lipinski definition) is 1. The molecule has 1 aliphatic heterocycles. The highest BCUT2D eigenvalue weighted by atomic mass is 15.1. The first-order valence-electron chi connectivity index (χ1n) is 8.37. The molecule has 1 aliphatic rings. The molecule has 1 unspecified atom stereocenters. The molecule has 0 radical (unpaired) electrons. The predicted molar refractivity (Wildman–Crippen MR) is 88.6 cm³/mol. The van der Waals surface area contributed by atoms with E-state index in [0.717, 1.165) is 6.54 Å². The fourth-order valence-electron chi connectivity index (χ4n) is 3.08. The standard InChI is InChI=1S/C18H30N2/c1-3-13-19-16(2)9-8-15-20-14-7-6-11-17-10-4-5-12-18(17)20/h4-5,10,12,16,19H,3,6-9,11,13-15H2,1-2H3. The molecule has 1 atom stereocenters. The molecule has 2 rings (SSSR count). The van der Waals surface area contributed by atoms with Gasteiger partial charge < -0.3 is 10.2 Å². The molecule has 2 heteroatoms. The topological polar surface area (TPSA) is 15.3 Å². The first-order valence-corrected chi connectivity index (χ1v) is 8.37. The highest BCUT2D eigenvalue weighted by Crippen LogP contribution is 2.26. The van der Waals surface area contributed by atoms with Crippen LogP contribution in [0.15, 0.2) is 24.3 Å². The van der Waals surface area contributed by atoms with Crippen molar-refractivity contribution in [3.63, 3.8) is 0 Å². The first kappa shape index (κ1) is 15.4. The molecule has 112 valence electrons. The number of hydrogen-bond acceptors (Lipinski definition) is 2. The van der Waals surface area contributed by atoms with Crippen LogP contribution in [0.4, 0.5) is 5.69 Å². The number of nitrogens with zero attached hydrogens (tertiary/aromatic N) is 1. The Hall–Kier alpha value is -1.02. The SMILES string of the molecule is CCCNC(C)CCCN1CCCCc2ccccc21. The summed E-state index contributed by atoms with van der Waals surface area (Å²) in [4.78, 5) is 2.61. The van der Waals surface area contributed by atoms with Gasteiger partial charge in [0.2, 0.25) is 0 Å². The molecule has 1 heterocycles. The first-order chi connectivity index (χ1) is 9.81. The monoisotopic (exact) mass is 274 g/mol. The van der Waals surface area contributed by atoms with Crippen LogP contribution in [0.1, 0.15) is 51.5 Å². The van der Waals surface area contributed by atoms with E-state index in [0.29, 0.717) is 6.04 Å². The van der Waals surface area contributed by atoms with Crippen molar-refractivity contribution in [1.82, 2.24) is 5.32 Å². The van der Waals surface area contributed by atoms with Crippen molar-refractivity contribution in [1.29, 1.82) is 0 Å². The fourth-order valence-corrected chi connectivity index (χ4v) is 3.08. The molecule has 0 bridgehead atoms. The lowest BCUT2D eigenvalue weighted by Crippen LogP contribution is -2.30. The molecule has 2 nitrogen and oxygen atoms in total. The number of aryl methyl sites for hydroxylation is 1. The molecule has 0 aromatic heterocycles. The van der Waals surface area contributed by atoms with Gasteiger partial charge in [-0.25, -0.2) is 0 Å². The van der Waals surface area contributed by atoms with Gasteiger partial charge in [-0.05, 0) is 63.6 Å². The summed E-state index contributed by atoms with van der Waals surface area (Å²) in [5, 5.41) is 3.58. The minimum absolute atomic E-state index is 0.650. The summed E-state index contributed by atoms with van der Waals surface area (Å²) < 4.78 is 0. The zero-order valence-corrected chi connectivity index (χ0v) is 13.2. The maximum absolute atomic E-state index is 3.58. The molecular weight excluding hydrogens is 244 g/mol. The van der Waals surface area contributed by atoms with E-state index in [2.05, 4.69) is 48.3 Å². The van der Waals surface area contributed by atoms with E-state index in [1.807, 2.05) is 0 Å². The summed E-state index contributed by atoms with van der Waals surface area (Å²) >= 11 is 0. The summed E-state index contributed by atoms with van der Waals surface area (Å²) in [6.07, 6.45) is 7.70. The van der Waals surface area contributed by atoms with Gasteiger partial charge in [0, 0.05) is 24.8 Å². The van der Waals surface area contributed by atoms with Gasteiger partial charge in [0.1, 0.15) is 0 Å². The normalized spacial score (nSPS) is 16.6. The van der Waals surface area contributed by atoms with E-state index in [9.17, 15) is 0 Å². The molecule has 20 heavy (non-hydrogen) atoms. The minimum Gasteiger partial charge on any atom is -0.371 e. The number of nitrogens with one attached hydrogen (secondary N) is 1. The molecule has 0 aliphatic carbocycles. The van der Waals surface area contributed by atoms with Crippen LogP contribution in [0.2, 0.25) is 0 Å². The second-order valence-electron chi connectivity index (χ2n) is 6.07. The Balaban J connectivity index is 1.83. The van der Waals surface area contributed by atoms with Gasteiger partial charge in [-0.1, -0.05) is 25.1 Å². The molecule has 1 aromatic rings. The number of rotatable bonds is 7. The van der Waals surface area contributed by atoms with Gasteiger partial charge in [0.05, 0.1) is 0 Å². The third kappa shape index (κ3) is 4.52. The highest BCUT2D eigenvalue weighted by molar-refractivity contribution is 5.54. The number of benzene rings is 1. The van der Waals surface area contributed by atoms with Crippen molar-refractivity contribution < 1.29 is 0 Å². The molecule has 0 saturated heterocycles. The van der Waals surface area contributed by atoms with Crippen LogP contribution < -0.4 is 10.2 Å². The van der Waals surface area contributed by atoms with Gasteiger partial charge in [0.15, 0.2) is 0 Å². The molecule has 0 saturated carbocycles. The van der Waals surface area contributed by atoms with Crippen molar-refractivity contribution in [2.75, 3.05) is 24.5 Å². The maximum atomic E-state index is 3.58. The summed E-state index contributed by atoms with van der Waals surface area (Å²) in [5.74, 6) is 0. The minimum atomic E-state index is 0.650. The summed E-state index contributed by atoms with van der Waals surface area (Å²) in [5.41, 5.74) is 3.03. The molecule has 0 fully saturated rings. The zero-order valence-electron chi connectivity index (χ0n) is 13.2. The molecule has 1 aromatic carbocycles. The molecule has 0 spiro atoms. The van der Waals surface area contributed by atoms with Crippen LogP contribution in [0, 0.1) is 0 Å². The van der Waals surface area contributed by atoms with Crippen molar-refractivity contribution in [3.8, 4) is 0 Å². The van der Waals surface area contributed by atoms with Gasteiger partial charge >= 0.3 is 0 Å². The van der Waals surface area contributed by atoms with E-state index in [1.54, 1.807) is 5.56 Å². The molecule has 1 N–H and O–H groups in total. The Kier molecular flexibility index (Phi) is 6.38. The summed E-state index contributed by atoms with van der Waals surface area (Å²) in [7, 11) is 0. The van der Waals surface area contributed by atoms with Crippen molar-refractivity contribution in [2.45, 2.75) is 58.4 Å². The quantitative estimate of drug-likeness (QED) is 0.808. The Bertz CT molecular complexity index is 389. The second kappa shape index (κ2) is 8.31. The maximum Gasteiger partial charge on any atom is 0.0398 e. The van der Waals surface area contributed by atoms with E-state index < -0.39 is 0 Å². The Morgan fingerprint density at radius 1 is 1.25 bits per heavy atom. The Morgan fingerprint density at radius 2 is 2.10 bits per heavy atom.